The lowest BCUT2D eigenvalue weighted by atomic mass is 9.83. The zero-order valence-electron chi connectivity index (χ0n) is 11.0. The van der Waals surface area contributed by atoms with Crippen LogP contribution in [0.25, 0.3) is 0 Å². The number of hydrogen-bond acceptors (Lipinski definition) is 5. The van der Waals surface area contributed by atoms with E-state index in [1.54, 1.807) is 6.21 Å². The molecule has 2 rings (SSSR count). The van der Waals surface area contributed by atoms with Crippen molar-refractivity contribution in [3.63, 3.8) is 0 Å². The Morgan fingerprint density at radius 2 is 2.16 bits per heavy atom. The topological polar surface area (TPSA) is 72.8 Å². The molecule has 0 bridgehead atoms. The summed E-state index contributed by atoms with van der Waals surface area (Å²) in [4.78, 5) is 8.76. The number of nitriles is 2. The lowest BCUT2D eigenvalue weighted by molar-refractivity contribution is 0.370. The Kier molecular flexibility index (Phi) is 4.29. The van der Waals surface area contributed by atoms with Gasteiger partial charge in [0.1, 0.15) is 16.5 Å². The van der Waals surface area contributed by atoms with Crippen molar-refractivity contribution in [1.29, 1.82) is 10.5 Å². The minimum Gasteiger partial charge on any atom is -0.274 e. The molecule has 0 aromatic carbocycles. The summed E-state index contributed by atoms with van der Waals surface area (Å²) in [6.07, 6.45) is 6.47. The molecule has 5 heteroatoms. The van der Waals surface area contributed by atoms with E-state index in [1.807, 2.05) is 12.3 Å². The normalized spacial score (nSPS) is 19.7. The summed E-state index contributed by atoms with van der Waals surface area (Å²) in [5.74, 6) is -0.439. The first-order chi connectivity index (χ1) is 9.19. The molecule has 1 saturated carbocycles. The fourth-order valence-electron chi connectivity index (χ4n) is 2.29. The Hall–Kier alpha value is -1.72. The first-order valence-corrected chi connectivity index (χ1v) is 7.35. The molecule has 1 aromatic heterocycles. The Morgan fingerprint density at radius 3 is 2.68 bits per heavy atom. The monoisotopic (exact) mass is 272 g/mol. The lowest BCUT2D eigenvalue weighted by Crippen LogP contribution is -2.27. The number of rotatable bonds is 3. The van der Waals surface area contributed by atoms with Gasteiger partial charge in [0.05, 0.1) is 12.1 Å². The van der Waals surface area contributed by atoms with E-state index in [0.717, 1.165) is 36.4 Å². The number of aliphatic imine (C=N–C) groups is 1. The molecule has 1 heterocycles. The van der Waals surface area contributed by atoms with Crippen LogP contribution in [0.2, 0.25) is 0 Å². The highest BCUT2D eigenvalue weighted by Gasteiger charge is 2.31. The fraction of sp³-hybridized carbons (Fsp3) is 0.571. The van der Waals surface area contributed by atoms with E-state index in [9.17, 15) is 10.5 Å². The third kappa shape index (κ3) is 3.19. The van der Waals surface area contributed by atoms with Gasteiger partial charge in [-0.25, -0.2) is 4.98 Å². The average molecular weight is 272 g/mol. The molecule has 0 unspecified atom stereocenters. The highest BCUT2D eigenvalue weighted by atomic mass is 32.1. The molecule has 0 amide bonds. The summed E-state index contributed by atoms with van der Waals surface area (Å²) in [5, 5.41) is 21.2. The van der Waals surface area contributed by atoms with Crippen molar-refractivity contribution >= 4 is 17.6 Å². The predicted octanol–water partition coefficient (Wildman–Crippen LogP) is 3.36. The maximum Gasteiger partial charge on any atom is 0.146 e. The number of nitrogens with zero attached hydrogens (tertiary/aromatic N) is 4. The van der Waals surface area contributed by atoms with Crippen molar-refractivity contribution in [3.8, 4) is 12.1 Å². The summed E-state index contributed by atoms with van der Waals surface area (Å²) in [7, 11) is 0. The molecule has 0 N–H and O–H groups in total. The van der Waals surface area contributed by atoms with Gasteiger partial charge in [-0.3, -0.25) is 4.99 Å². The van der Waals surface area contributed by atoms with Crippen LogP contribution in [0.5, 0.6) is 0 Å². The molecule has 19 heavy (non-hydrogen) atoms. The third-order valence-electron chi connectivity index (χ3n) is 3.40. The first kappa shape index (κ1) is 13.7. The number of aromatic nitrogens is 1. The van der Waals surface area contributed by atoms with E-state index in [1.165, 1.54) is 17.8 Å². The molecule has 0 aliphatic heterocycles. The van der Waals surface area contributed by atoms with E-state index in [2.05, 4.69) is 22.1 Å². The third-order valence-corrected chi connectivity index (χ3v) is 4.45. The SMILES string of the molecule is Cc1csc([C@@H](C#N)C=NC2(C#N)CCCCC2)n1. The summed E-state index contributed by atoms with van der Waals surface area (Å²) in [6, 6.07) is 4.53. The van der Waals surface area contributed by atoms with E-state index in [-0.39, 0.29) is 0 Å². The number of aryl methyl sites for hydroxylation is 1. The van der Waals surface area contributed by atoms with Crippen molar-refractivity contribution < 1.29 is 0 Å². The zero-order chi connectivity index (χ0) is 13.7. The fourth-order valence-corrected chi connectivity index (χ4v) is 3.09. The van der Waals surface area contributed by atoms with Crippen molar-refractivity contribution in [3.05, 3.63) is 16.1 Å². The summed E-state index contributed by atoms with van der Waals surface area (Å²) in [5.41, 5.74) is 0.306. The highest BCUT2D eigenvalue weighted by molar-refractivity contribution is 7.09. The van der Waals surface area contributed by atoms with Crippen molar-refractivity contribution in [1.82, 2.24) is 4.98 Å². The Morgan fingerprint density at radius 1 is 1.42 bits per heavy atom. The molecule has 1 aliphatic carbocycles. The van der Waals surface area contributed by atoms with Gasteiger partial charge in [-0.05, 0) is 32.6 Å². The smallest absolute Gasteiger partial charge is 0.146 e. The molecule has 1 aliphatic rings. The van der Waals surface area contributed by atoms with Crippen LogP contribution < -0.4 is 0 Å². The second-order valence-electron chi connectivity index (χ2n) is 4.92. The minimum absolute atomic E-state index is 0.439. The van der Waals surface area contributed by atoms with Crippen LogP contribution in [-0.4, -0.2) is 16.7 Å². The lowest BCUT2D eigenvalue weighted by Gasteiger charge is -2.26. The summed E-state index contributed by atoms with van der Waals surface area (Å²) in [6.45, 7) is 1.91. The van der Waals surface area contributed by atoms with Gasteiger partial charge in [0.25, 0.3) is 0 Å². The van der Waals surface area contributed by atoms with Crippen LogP contribution in [0, 0.1) is 29.6 Å². The molecule has 1 aromatic rings. The van der Waals surface area contributed by atoms with Crippen LogP contribution in [0.15, 0.2) is 10.4 Å². The maximum atomic E-state index is 9.34. The van der Waals surface area contributed by atoms with Gasteiger partial charge in [0.15, 0.2) is 0 Å². The number of hydrogen-bond donors (Lipinski definition) is 0. The van der Waals surface area contributed by atoms with Gasteiger partial charge in [-0.2, -0.15) is 10.5 Å². The van der Waals surface area contributed by atoms with Crippen LogP contribution in [-0.2, 0) is 0 Å². The van der Waals surface area contributed by atoms with Gasteiger partial charge in [-0.15, -0.1) is 11.3 Å². The molecule has 0 saturated heterocycles. The molecular formula is C14H16N4S. The van der Waals surface area contributed by atoms with Crippen LogP contribution >= 0.6 is 11.3 Å². The van der Waals surface area contributed by atoms with Gasteiger partial charge in [0, 0.05) is 17.3 Å². The van der Waals surface area contributed by atoms with E-state index in [4.69, 9.17) is 0 Å². The molecule has 0 radical (unpaired) electrons. The Balaban J connectivity index is 2.16. The molecule has 4 nitrogen and oxygen atoms in total. The van der Waals surface area contributed by atoms with Gasteiger partial charge in [0.2, 0.25) is 0 Å². The zero-order valence-corrected chi connectivity index (χ0v) is 11.8. The molecule has 98 valence electrons. The second-order valence-corrected chi connectivity index (χ2v) is 5.81. The largest absolute Gasteiger partial charge is 0.274 e. The standard InChI is InChI=1S/C14H16N4S/c1-11-9-19-13(18-11)12(7-15)8-17-14(10-16)5-3-2-4-6-14/h8-9,12H,2-6H2,1H3/t12-/m0/s1. The van der Waals surface area contributed by atoms with Gasteiger partial charge >= 0.3 is 0 Å². The van der Waals surface area contributed by atoms with E-state index in [0.29, 0.717) is 0 Å². The molecular weight excluding hydrogens is 256 g/mol. The van der Waals surface area contributed by atoms with Crippen molar-refractivity contribution in [2.24, 2.45) is 4.99 Å². The highest BCUT2D eigenvalue weighted by Crippen LogP contribution is 2.31. The number of thiazole rings is 1. The summed E-state index contributed by atoms with van der Waals surface area (Å²) < 4.78 is 0. The Bertz CT molecular complexity index is 541. The van der Waals surface area contributed by atoms with Crippen molar-refractivity contribution in [2.75, 3.05) is 0 Å². The minimum atomic E-state index is -0.611. The molecule has 0 spiro atoms. The average Bonchev–Trinajstić information content (AvgIpc) is 2.87. The van der Waals surface area contributed by atoms with Crippen molar-refractivity contribution in [2.45, 2.75) is 50.5 Å². The summed E-state index contributed by atoms with van der Waals surface area (Å²) >= 11 is 1.47. The molecule has 1 fully saturated rings. The van der Waals surface area contributed by atoms with Crippen LogP contribution in [0.1, 0.15) is 48.7 Å². The Labute approximate surface area is 117 Å². The van der Waals surface area contributed by atoms with Crippen LogP contribution in [0.4, 0.5) is 0 Å². The maximum absolute atomic E-state index is 9.34. The van der Waals surface area contributed by atoms with Gasteiger partial charge in [-0.1, -0.05) is 6.42 Å². The predicted molar refractivity (Wildman–Crippen MR) is 75.1 cm³/mol. The second kappa shape index (κ2) is 5.95. The van der Waals surface area contributed by atoms with Gasteiger partial charge < -0.3 is 0 Å². The van der Waals surface area contributed by atoms with E-state index < -0.39 is 11.5 Å². The van der Waals surface area contributed by atoms with E-state index >= 15 is 0 Å². The first-order valence-electron chi connectivity index (χ1n) is 6.47. The molecule has 1 atom stereocenters. The quantitative estimate of drug-likeness (QED) is 0.792. The van der Waals surface area contributed by atoms with Crippen LogP contribution in [0.3, 0.4) is 0 Å².